The van der Waals surface area contributed by atoms with Crippen molar-refractivity contribution in [3.8, 4) is 0 Å². The Bertz CT molecular complexity index is 509. The van der Waals surface area contributed by atoms with Crippen molar-refractivity contribution in [2.24, 2.45) is 5.73 Å². The van der Waals surface area contributed by atoms with Gasteiger partial charge in [0, 0.05) is 0 Å². The van der Waals surface area contributed by atoms with Crippen molar-refractivity contribution in [3.05, 3.63) is 34.9 Å². The summed E-state index contributed by atoms with van der Waals surface area (Å²) in [5.41, 5.74) is 1.48. The molecule has 0 saturated carbocycles. The van der Waals surface area contributed by atoms with Gasteiger partial charge in [0.2, 0.25) is 0 Å². The number of ether oxygens (including phenoxy) is 1. The molecule has 0 heterocycles. The molecule has 0 spiro atoms. The van der Waals surface area contributed by atoms with Crippen molar-refractivity contribution in [2.75, 3.05) is 7.11 Å². The van der Waals surface area contributed by atoms with Crippen molar-refractivity contribution in [2.45, 2.75) is 18.4 Å². The molecule has 0 amide bonds. The van der Waals surface area contributed by atoms with Crippen LogP contribution in [0, 0.1) is 0 Å². The first-order valence-corrected chi connectivity index (χ1v) is 5.10. The Balaban J connectivity index is 3.46. The van der Waals surface area contributed by atoms with Gasteiger partial charge in [0.05, 0.1) is 18.2 Å². The molecule has 1 rings (SSSR count). The Labute approximate surface area is 109 Å². The first kappa shape index (κ1) is 16.3. The highest BCUT2D eigenvalue weighted by atomic mass is 19.4. The Morgan fingerprint density at radius 2 is 1.70 bits per heavy atom. The molecule has 9 heteroatoms. The number of nitrogens with two attached hydrogens (primary N) is 1. The van der Waals surface area contributed by atoms with Crippen LogP contribution in [0.15, 0.2) is 18.2 Å². The summed E-state index contributed by atoms with van der Waals surface area (Å²) in [6.45, 7) is 0. The molecule has 0 saturated heterocycles. The van der Waals surface area contributed by atoms with Crippen LogP contribution in [-0.2, 0) is 21.9 Å². The number of hydrogen-bond donors (Lipinski definition) is 1. The molecular formula is C11H9F6NO2. The average molecular weight is 301 g/mol. The minimum absolute atomic E-state index is 0.199. The highest BCUT2D eigenvalue weighted by Crippen LogP contribution is 2.38. The Morgan fingerprint density at radius 3 is 2.10 bits per heavy atom. The van der Waals surface area contributed by atoms with Gasteiger partial charge in [-0.05, 0) is 23.8 Å². The molecule has 2 N–H and O–H groups in total. The normalized spacial score (nSPS) is 14.0. The minimum atomic E-state index is -4.94. The van der Waals surface area contributed by atoms with E-state index in [0.717, 1.165) is 7.11 Å². The monoisotopic (exact) mass is 301 g/mol. The van der Waals surface area contributed by atoms with E-state index in [4.69, 9.17) is 5.73 Å². The Morgan fingerprint density at radius 1 is 1.15 bits per heavy atom. The lowest BCUT2D eigenvalue weighted by molar-refractivity contribution is -0.145. The van der Waals surface area contributed by atoms with E-state index >= 15 is 0 Å². The van der Waals surface area contributed by atoms with Crippen LogP contribution in [0.5, 0.6) is 0 Å². The molecule has 112 valence electrons. The van der Waals surface area contributed by atoms with Crippen molar-refractivity contribution in [3.63, 3.8) is 0 Å². The van der Waals surface area contributed by atoms with Crippen LogP contribution in [0.3, 0.4) is 0 Å². The number of halogens is 6. The second-order valence-electron chi connectivity index (χ2n) is 3.80. The van der Waals surface area contributed by atoms with Gasteiger partial charge in [-0.3, -0.25) is 4.79 Å². The fourth-order valence-electron chi connectivity index (χ4n) is 1.51. The summed E-state index contributed by atoms with van der Waals surface area (Å²) in [5, 5.41) is 0. The molecule has 20 heavy (non-hydrogen) atoms. The summed E-state index contributed by atoms with van der Waals surface area (Å²) in [5.74, 6) is -1.27. The quantitative estimate of drug-likeness (QED) is 0.675. The summed E-state index contributed by atoms with van der Waals surface area (Å²) in [6, 6.07) is -1.25. The molecule has 0 aliphatic carbocycles. The smallest absolute Gasteiger partial charge is 0.416 e. The summed E-state index contributed by atoms with van der Waals surface area (Å²) < 4.78 is 79.8. The molecule has 0 unspecified atom stereocenters. The third-order valence-corrected chi connectivity index (χ3v) is 2.47. The molecule has 1 aromatic rings. The van der Waals surface area contributed by atoms with Crippen LogP contribution >= 0.6 is 0 Å². The van der Waals surface area contributed by atoms with E-state index in [1.165, 1.54) is 0 Å². The summed E-state index contributed by atoms with van der Waals surface area (Å²) in [7, 11) is 0.864. The fourth-order valence-corrected chi connectivity index (χ4v) is 1.51. The first-order chi connectivity index (χ1) is 8.98. The maximum absolute atomic E-state index is 12.7. The van der Waals surface area contributed by atoms with Crippen LogP contribution < -0.4 is 5.73 Å². The molecule has 0 aromatic heterocycles. The fraction of sp³-hybridized carbons (Fsp3) is 0.364. The SMILES string of the molecule is COC(=O)[C@H](N)c1cc(C(F)(F)F)ccc1C(F)(F)F. The van der Waals surface area contributed by atoms with Gasteiger partial charge in [0.25, 0.3) is 0 Å². The van der Waals surface area contributed by atoms with Gasteiger partial charge in [0.1, 0.15) is 6.04 Å². The maximum atomic E-state index is 12.7. The number of carbonyl (C=O) groups is 1. The van der Waals surface area contributed by atoms with Gasteiger partial charge in [-0.25, -0.2) is 0 Å². The predicted octanol–water partition coefficient (Wildman–Crippen LogP) is 2.90. The molecule has 0 aliphatic heterocycles. The highest BCUT2D eigenvalue weighted by Gasteiger charge is 2.39. The number of methoxy groups -OCH3 is 1. The predicted molar refractivity (Wildman–Crippen MR) is 55.4 cm³/mol. The average Bonchev–Trinajstić information content (AvgIpc) is 2.34. The third-order valence-electron chi connectivity index (χ3n) is 2.47. The molecule has 3 nitrogen and oxygen atoms in total. The van der Waals surface area contributed by atoms with Crippen LogP contribution in [0.25, 0.3) is 0 Å². The van der Waals surface area contributed by atoms with Crippen molar-refractivity contribution in [1.82, 2.24) is 0 Å². The van der Waals surface area contributed by atoms with E-state index in [1.807, 2.05) is 0 Å². The number of alkyl halides is 6. The molecule has 0 aliphatic rings. The zero-order valence-electron chi connectivity index (χ0n) is 9.97. The lowest BCUT2D eigenvalue weighted by Crippen LogP contribution is -2.26. The van der Waals surface area contributed by atoms with Crippen LogP contribution in [-0.4, -0.2) is 13.1 Å². The number of benzene rings is 1. The summed E-state index contributed by atoms with van der Waals surface area (Å²) in [6.07, 6.45) is -9.79. The molecule has 1 atom stereocenters. The van der Waals surface area contributed by atoms with E-state index in [-0.39, 0.29) is 18.2 Å². The molecule has 0 radical (unpaired) electrons. The Kier molecular flexibility index (Phi) is 4.33. The largest absolute Gasteiger partial charge is 0.468 e. The lowest BCUT2D eigenvalue weighted by Gasteiger charge is -2.18. The van der Waals surface area contributed by atoms with E-state index in [9.17, 15) is 31.1 Å². The molecule has 0 bridgehead atoms. The lowest BCUT2D eigenvalue weighted by atomic mass is 9.97. The Hall–Kier alpha value is -1.77. The van der Waals surface area contributed by atoms with Crippen molar-refractivity contribution < 1.29 is 35.9 Å². The number of esters is 1. The first-order valence-electron chi connectivity index (χ1n) is 5.10. The second kappa shape index (κ2) is 5.31. The number of hydrogen-bond acceptors (Lipinski definition) is 3. The minimum Gasteiger partial charge on any atom is -0.468 e. The van der Waals surface area contributed by atoms with Gasteiger partial charge >= 0.3 is 18.3 Å². The number of rotatable bonds is 2. The van der Waals surface area contributed by atoms with E-state index in [0.29, 0.717) is 0 Å². The van der Waals surface area contributed by atoms with Crippen molar-refractivity contribution in [1.29, 1.82) is 0 Å². The van der Waals surface area contributed by atoms with Gasteiger partial charge < -0.3 is 10.5 Å². The van der Waals surface area contributed by atoms with Gasteiger partial charge in [-0.1, -0.05) is 0 Å². The van der Waals surface area contributed by atoms with Gasteiger partial charge in [-0.2, -0.15) is 26.3 Å². The van der Waals surface area contributed by atoms with E-state index < -0.39 is 41.1 Å². The molecule has 1 aromatic carbocycles. The number of carbonyl (C=O) groups excluding carboxylic acids is 1. The zero-order valence-corrected chi connectivity index (χ0v) is 9.97. The van der Waals surface area contributed by atoms with Gasteiger partial charge in [-0.15, -0.1) is 0 Å². The van der Waals surface area contributed by atoms with Crippen LogP contribution in [0.1, 0.15) is 22.7 Å². The highest BCUT2D eigenvalue weighted by molar-refractivity contribution is 5.78. The summed E-state index contributed by atoms with van der Waals surface area (Å²) >= 11 is 0. The van der Waals surface area contributed by atoms with E-state index in [1.54, 1.807) is 0 Å². The zero-order chi connectivity index (χ0) is 15.7. The maximum Gasteiger partial charge on any atom is 0.416 e. The van der Waals surface area contributed by atoms with Gasteiger partial charge in [0.15, 0.2) is 0 Å². The second-order valence-corrected chi connectivity index (χ2v) is 3.80. The van der Waals surface area contributed by atoms with Crippen molar-refractivity contribution >= 4 is 5.97 Å². The topological polar surface area (TPSA) is 52.3 Å². The molecule has 0 fully saturated rings. The third kappa shape index (κ3) is 3.41. The van der Waals surface area contributed by atoms with E-state index in [2.05, 4.69) is 4.74 Å². The van der Waals surface area contributed by atoms with Crippen LogP contribution in [0.2, 0.25) is 0 Å². The standard InChI is InChI=1S/C11H9F6NO2/c1-20-9(19)8(18)6-4-5(10(12,13)14)2-3-7(6)11(15,16)17/h2-4,8H,18H2,1H3/t8-/m1/s1. The molecular weight excluding hydrogens is 292 g/mol. The van der Waals surface area contributed by atoms with Crippen LogP contribution in [0.4, 0.5) is 26.3 Å². The summed E-state index contributed by atoms with van der Waals surface area (Å²) in [4.78, 5) is 11.2.